The first-order valence-corrected chi connectivity index (χ1v) is 8.81. The van der Waals surface area contributed by atoms with Gasteiger partial charge in [0.25, 0.3) is 0 Å². The molecule has 6 nitrogen and oxygen atoms in total. The number of aromatic nitrogens is 2. The van der Waals surface area contributed by atoms with Crippen molar-refractivity contribution in [1.82, 2.24) is 15.1 Å². The molecular formula is C16H21N3O3S. The molecule has 0 aliphatic carbocycles. The van der Waals surface area contributed by atoms with E-state index in [1.807, 2.05) is 24.1 Å². The van der Waals surface area contributed by atoms with Gasteiger partial charge in [0, 0.05) is 18.9 Å². The van der Waals surface area contributed by atoms with Crippen LogP contribution >= 0.6 is 11.3 Å². The third-order valence-corrected chi connectivity index (χ3v) is 4.58. The van der Waals surface area contributed by atoms with Crippen molar-refractivity contribution >= 4 is 17.2 Å². The Morgan fingerprint density at radius 3 is 3.04 bits per heavy atom. The highest BCUT2D eigenvalue weighted by Crippen LogP contribution is 2.24. The molecule has 0 aromatic carbocycles. The second-order valence-corrected chi connectivity index (χ2v) is 6.74. The normalized spacial score (nSPS) is 18.6. The minimum atomic E-state index is -0.325. The highest BCUT2D eigenvalue weighted by molar-refractivity contribution is 7.07. The number of amides is 1. The average molecular weight is 335 g/mol. The SMILES string of the molecule is CC(C)c1nnc(C2CN(C(=O)CCc3ccsc3)CCO2)o1. The maximum Gasteiger partial charge on any atom is 0.247 e. The number of thiophene rings is 1. The van der Waals surface area contributed by atoms with E-state index in [9.17, 15) is 4.79 Å². The Morgan fingerprint density at radius 2 is 2.35 bits per heavy atom. The maximum atomic E-state index is 12.4. The molecule has 0 saturated carbocycles. The number of hydrogen-bond acceptors (Lipinski definition) is 6. The van der Waals surface area contributed by atoms with Crippen molar-refractivity contribution in [3.63, 3.8) is 0 Å². The fourth-order valence-electron chi connectivity index (χ4n) is 2.48. The van der Waals surface area contributed by atoms with Crippen LogP contribution < -0.4 is 0 Å². The number of nitrogens with zero attached hydrogens (tertiary/aromatic N) is 3. The van der Waals surface area contributed by atoms with Crippen molar-refractivity contribution in [2.75, 3.05) is 19.7 Å². The third-order valence-electron chi connectivity index (χ3n) is 3.85. The van der Waals surface area contributed by atoms with Crippen molar-refractivity contribution in [1.29, 1.82) is 0 Å². The molecule has 1 aliphatic heterocycles. The lowest BCUT2D eigenvalue weighted by Crippen LogP contribution is -2.42. The lowest BCUT2D eigenvalue weighted by molar-refractivity contribution is -0.139. The molecule has 1 fully saturated rings. The monoisotopic (exact) mass is 335 g/mol. The van der Waals surface area contributed by atoms with E-state index in [1.54, 1.807) is 11.3 Å². The Hall–Kier alpha value is -1.73. The first-order chi connectivity index (χ1) is 11.1. The molecule has 3 rings (SSSR count). The van der Waals surface area contributed by atoms with Crippen LogP contribution in [-0.4, -0.2) is 40.7 Å². The summed E-state index contributed by atoms with van der Waals surface area (Å²) in [5, 5.41) is 12.2. The lowest BCUT2D eigenvalue weighted by atomic mass is 10.1. The van der Waals surface area contributed by atoms with E-state index in [0.717, 1.165) is 6.42 Å². The first-order valence-electron chi connectivity index (χ1n) is 7.87. The predicted octanol–water partition coefficient (Wildman–Crippen LogP) is 2.79. The second kappa shape index (κ2) is 7.23. The van der Waals surface area contributed by atoms with Crippen molar-refractivity contribution < 1.29 is 13.9 Å². The van der Waals surface area contributed by atoms with Gasteiger partial charge >= 0.3 is 0 Å². The Morgan fingerprint density at radius 1 is 1.48 bits per heavy atom. The Bertz CT molecular complexity index is 639. The summed E-state index contributed by atoms with van der Waals surface area (Å²) in [7, 11) is 0. The number of rotatable bonds is 5. The van der Waals surface area contributed by atoms with Crippen LogP contribution in [0.1, 0.15) is 49.6 Å². The van der Waals surface area contributed by atoms with E-state index in [0.29, 0.717) is 37.9 Å². The van der Waals surface area contributed by atoms with Gasteiger partial charge in [0.1, 0.15) is 0 Å². The highest BCUT2D eigenvalue weighted by Gasteiger charge is 2.29. The standard InChI is InChI=1S/C16H21N3O3S/c1-11(2)15-17-18-16(22-15)13-9-19(6-7-21-13)14(20)4-3-12-5-8-23-10-12/h5,8,10-11,13H,3-4,6-7,9H2,1-2H3. The Kier molecular flexibility index (Phi) is 5.07. The highest BCUT2D eigenvalue weighted by atomic mass is 32.1. The third kappa shape index (κ3) is 3.97. The zero-order valence-corrected chi connectivity index (χ0v) is 14.2. The maximum absolute atomic E-state index is 12.4. The van der Waals surface area contributed by atoms with Crippen LogP contribution in [0.3, 0.4) is 0 Å². The molecule has 0 spiro atoms. The van der Waals surface area contributed by atoms with E-state index in [4.69, 9.17) is 9.15 Å². The summed E-state index contributed by atoms with van der Waals surface area (Å²) >= 11 is 1.66. The number of carbonyl (C=O) groups is 1. The van der Waals surface area contributed by atoms with Gasteiger partial charge in [-0.25, -0.2) is 0 Å². The zero-order valence-electron chi connectivity index (χ0n) is 13.4. The quantitative estimate of drug-likeness (QED) is 0.840. The fraction of sp³-hybridized carbons (Fsp3) is 0.562. The van der Waals surface area contributed by atoms with E-state index in [-0.39, 0.29) is 17.9 Å². The molecular weight excluding hydrogens is 314 g/mol. The van der Waals surface area contributed by atoms with Crippen molar-refractivity contribution in [2.45, 2.75) is 38.7 Å². The fourth-order valence-corrected chi connectivity index (χ4v) is 3.18. The second-order valence-electron chi connectivity index (χ2n) is 5.96. The average Bonchev–Trinajstić information content (AvgIpc) is 3.24. The van der Waals surface area contributed by atoms with Crippen LogP contribution in [0.5, 0.6) is 0 Å². The van der Waals surface area contributed by atoms with E-state index in [1.165, 1.54) is 5.56 Å². The molecule has 3 heterocycles. The molecule has 1 unspecified atom stereocenters. The molecule has 0 bridgehead atoms. The molecule has 124 valence electrons. The molecule has 1 saturated heterocycles. The van der Waals surface area contributed by atoms with Crippen molar-refractivity contribution in [3.05, 3.63) is 34.2 Å². The smallest absolute Gasteiger partial charge is 0.247 e. The van der Waals surface area contributed by atoms with Gasteiger partial charge in [-0.3, -0.25) is 4.79 Å². The van der Waals surface area contributed by atoms with Gasteiger partial charge in [0.05, 0.1) is 13.2 Å². The molecule has 1 amide bonds. The molecule has 23 heavy (non-hydrogen) atoms. The molecule has 0 N–H and O–H groups in total. The van der Waals surface area contributed by atoms with Gasteiger partial charge in [0.2, 0.25) is 17.7 Å². The molecule has 1 aliphatic rings. The topological polar surface area (TPSA) is 68.5 Å². The number of morpholine rings is 1. The summed E-state index contributed by atoms with van der Waals surface area (Å²) in [4.78, 5) is 14.2. The van der Waals surface area contributed by atoms with E-state index in [2.05, 4.69) is 21.6 Å². The zero-order chi connectivity index (χ0) is 16.2. The minimum absolute atomic E-state index is 0.146. The number of carbonyl (C=O) groups excluding carboxylic acids is 1. The molecule has 2 aromatic heterocycles. The summed E-state index contributed by atoms with van der Waals surface area (Å²) in [6.07, 6.45) is 0.973. The first kappa shape index (κ1) is 16.1. The summed E-state index contributed by atoms with van der Waals surface area (Å²) in [5.41, 5.74) is 1.21. The summed E-state index contributed by atoms with van der Waals surface area (Å²) in [6, 6.07) is 2.06. The van der Waals surface area contributed by atoms with Gasteiger partial charge in [-0.05, 0) is 28.8 Å². The van der Waals surface area contributed by atoms with Crippen LogP contribution in [0.15, 0.2) is 21.2 Å². The Balaban J connectivity index is 1.57. The van der Waals surface area contributed by atoms with Gasteiger partial charge in [-0.1, -0.05) is 13.8 Å². The van der Waals surface area contributed by atoms with Crippen LogP contribution in [0.2, 0.25) is 0 Å². The number of hydrogen-bond donors (Lipinski definition) is 0. The predicted molar refractivity (Wildman–Crippen MR) is 86.3 cm³/mol. The molecule has 2 aromatic rings. The van der Waals surface area contributed by atoms with Crippen molar-refractivity contribution in [2.24, 2.45) is 0 Å². The van der Waals surface area contributed by atoms with Crippen LogP contribution in [0, 0.1) is 0 Å². The minimum Gasteiger partial charge on any atom is -0.422 e. The lowest BCUT2D eigenvalue weighted by Gasteiger charge is -2.31. The van der Waals surface area contributed by atoms with Gasteiger partial charge in [-0.2, -0.15) is 11.3 Å². The van der Waals surface area contributed by atoms with Gasteiger partial charge in [0.15, 0.2) is 6.10 Å². The number of ether oxygens (including phenoxy) is 1. The van der Waals surface area contributed by atoms with Gasteiger partial charge < -0.3 is 14.1 Å². The van der Waals surface area contributed by atoms with Gasteiger partial charge in [-0.15, -0.1) is 10.2 Å². The Labute approximate surface area is 139 Å². The molecule has 7 heteroatoms. The summed E-state index contributed by atoms with van der Waals surface area (Å²) in [5.74, 6) is 1.39. The molecule has 0 radical (unpaired) electrons. The summed E-state index contributed by atoms with van der Waals surface area (Å²) in [6.45, 7) is 5.58. The van der Waals surface area contributed by atoms with Crippen LogP contribution in [0.25, 0.3) is 0 Å². The molecule has 1 atom stereocenters. The van der Waals surface area contributed by atoms with E-state index < -0.39 is 0 Å². The van der Waals surface area contributed by atoms with Crippen LogP contribution in [-0.2, 0) is 16.0 Å². The van der Waals surface area contributed by atoms with E-state index >= 15 is 0 Å². The summed E-state index contributed by atoms with van der Waals surface area (Å²) < 4.78 is 11.3. The van der Waals surface area contributed by atoms with Crippen molar-refractivity contribution in [3.8, 4) is 0 Å². The number of aryl methyl sites for hydroxylation is 1. The largest absolute Gasteiger partial charge is 0.422 e. The van der Waals surface area contributed by atoms with Crippen LogP contribution in [0.4, 0.5) is 0 Å².